The molecule has 2 aromatic heterocycles. The number of amides is 1. The van der Waals surface area contributed by atoms with E-state index in [1.165, 1.54) is 6.33 Å². The summed E-state index contributed by atoms with van der Waals surface area (Å²) in [6.07, 6.45) is 6.30. The number of benzene rings is 2. The van der Waals surface area contributed by atoms with Crippen LogP contribution in [0.3, 0.4) is 0 Å². The van der Waals surface area contributed by atoms with Crippen LogP contribution >= 0.6 is 0 Å². The SMILES string of the molecule is COC/C=C/CC(=O)N1CCC(n2nc(-c3ccc(Oc4ccccc4)cc3)c3c(N)ncnc32)C1. The average Bonchev–Trinajstić information content (AvgIpc) is 3.54. The molecule has 1 unspecified atom stereocenters. The fourth-order valence-electron chi connectivity index (χ4n) is 4.40. The summed E-state index contributed by atoms with van der Waals surface area (Å²) in [6, 6.07) is 17.3. The van der Waals surface area contributed by atoms with E-state index in [0.717, 1.165) is 23.5 Å². The van der Waals surface area contributed by atoms with Gasteiger partial charge in [-0.3, -0.25) is 4.79 Å². The number of likely N-dealkylation sites (tertiary alicyclic amines) is 1. The number of aromatic nitrogens is 4. The molecule has 0 spiro atoms. The largest absolute Gasteiger partial charge is 0.457 e. The van der Waals surface area contributed by atoms with Crippen molar-refractivity contribution < 1.29 is 14.3 Å². The molecule has 1 saturated heterocycles. The van der Waals surface area contributed by atoms with Crippen LogP contribution in [0.2, 0.25) is 0 Å². The highest BCUT2D eigenvalue weighted by atomic mass is 16.5. The Kier molecular flexibility index (Phi) is 6.90. The minimum Gasteiger partial charge on any atom is -0.457 e. The van der Waals surface area contributed by atoms with Crippen molar-refractivity contribution >= 4 is 22.8 Å². The van der Waals surface area contributed by atoms with Crippen LogP contribution in [0.25, 0.3) is 22.3 Å². The summed E-state index contributed by atoms with van der Waals surface area (Å²) < 4.78 is 12.8. The summed E-state index contributed by atoms with van der Waals surface area (Å²) in [4.78, 5) is 23.2. The van der Waals surface area contributed by atoms with Crippen molar-refractivity contribution in [3.63, 3.8) is 0 Å². The molecule has 36 heavy (non-hydrogen) atoms. The monoisotopic (exact) mass is 484 g/mol. The molecule has 2 aromatic carbocycles. The lowest BCUT2D eigenvalue weighted by Crippen LogP contribution is -2.28. The predicted octanol–water partition coefficient (Wildman–Crippen LogP) is 4.23. The molecule has 3 heterocycles. The summed E-state index contributed by atoms with van der Waals surface area (Å²) in [5, 5.41) is 5.63. The maximum atomic E-state index is 12.6. The van der Waals surface area contributed by atoms with Gasteiger partial charge in [0.1, 0.15) is 29.3 Å². The Morgan fingerprint density at radius 3 is 2.64 bits per heavy atom. The van der Waals surface area contributed by atoms with Crippen LogP contribution in [0, 0.1) is 0 Å². The summed E-state index contributed by atoms with van der Waals surface area (Å²) in [6.45, 7) is 1.74. The Hall–Kier alpha value is -4.24. The van der Waals surface area contributed by atoms with Gasteiger partial charge < -0.3 is 20.1 Å². The summed E-state index contributed by atoms with van der Waals surface area (Å²) >= 11 is 0. The topological polar surface area (TPSA) is 108 Å². The molecule has 0 aliphatic carbocycles. The Morgan fingerprint density at radius 1 is 1.08 bits per heavy atom. The van der Waals surface area contributed by atoms with Crippen LogP contribution in [-0.2, 0) is 9.53 Å². The standard InChI is InChI=1S/C27H28N6O3/c1-35-16-6-5-9-23(34)32-15-14-20(17-32)33-27-24(26(28)29-18-30-27)25(31-33)19-10-12-22(13-11-19)36-21-7-3-2-4-8-21/h2-8,10-13,18,20H,9,14-17H2,1H3,(H2,28,29,30)/b6-5+. The predicted molar refractivity (Wildman–Crippen MR) is 138 cm³/mol. The van der Waals surface area contributed by atoms with Gasteiger partial charge in [-0.2, -0.15) is 5.10 Å². The number of nitrogens with zero attached hydrogens (tertiary/aromatic N) is 5. The second kappa shape index (κ2) is 10.6. The number of fused-ring (bicyclic) bond motifs is 1. The summed E-state index contributed by atoms with van der Waals surface area (Å²) in [5.41, 5.74) is 8.54. The third kappa shape index (κ3) is 4.92. The van der Waals surface area contributed by atoms with Crippen LogP contribution < -0.4 is 10.5 Å². The van der Waals surface area contributed by atoms with Crippen LogP contribution in [0.1, 0.15) is 18.9 Å². The number of nitrogens with two attached hydrogens (primary N) is 1. The second-order valence-electron chi connectivity index (χ2n) is 8.60. The Morgan fingerprint density at radius 2 is 1.86 bits per heavy atom. The Balaban J connectivity index is 1.39. The lowest BCUT2D eigenvalue weighted by atomic mass is 10.1. The van der Waals surface area contributed by atoms with Crippen molar-refractivity contribution in [1.82, 2.24) is 24.6 Å². The lowest BCUT2D eigenvalue weighted by molar-refractivity contribution is -0.129. The Labute approximate surface area is 209 Å². The molecule has 9 heteroatoms. The van der Waals surface area contributed by atoms with Crippen LogP contribution in [0.4, 0.5) is 5.82 Å². The molecule has 0 bridgehead atoms. The highest BCUT2D eigenvalue weighted by Crippen LogP contribution is 2.35. The molecule has 1 amide bonds. The van der Waals surface area contributed by atoms with Gasteiger partial charge in [-0.1, -0.05) is 30.4 Å². The number of rotatable bonds is 8. The average molecular weight is 485 g/mol. The third-order valence-electron chi connectivity index (χ3n) is 6.21. The first-order valence-corrected chi connectivity index (χ1v) is 11.9. The van der Waals surface area contributed by atoms with E-state index in [9.17, 15) is 4.79 Å². The zero-order valence-corrected chi connectivity index (χ0v) is 20.1. The number of methoxy groups -OCH3 is 1. The van der Waals surface area contributed by atoms with E-state index in [2.05, 4.69) is 9.97 Å². The van der Waals surface area contributed by atoms with Gasteiger partial charge >= 0.3 is 0 Å². The number of carbonyl (C=O) groups excluding carboxylic acids is 1. The molecule has 2 N–H and O–H groups in total. The fourth-order valence-corrected chi connectivity index (χ4v) is 4.40. The summed E-state index contributed by atoms with van der Waals surface area (Å²) in [5.74, 6) is 1.96. The van der Waals surface area contributed by atoms with Crippen molar-refractivity contribution in [1.29, 1.82) is 0 Å². The van der Waals surface area contributed by atoms with Crippen LogP contribution in [0.5, 0.6) is 11.5 Å². The maximum Gasteiger partial charge on any atom is 0.226 e. The third-order valence-corrected chi connectivity index (χ3v) is 6.21. The van der Waals surface area contributed by atoms with E-state index in [4.69, 9.17) is 20.3 Å². The molecule has 0 radical (unpaired) electrons. The van der Waals surface area contributed by atoms with E-state index in [1.54, 1.807) is 7.11 Å². The number of carbonyl (C=O) groups is 1. The summed E-state index contributed by atoms with van der Waals surface area (Å²) in [7, 11) is 1.63. The molecule has 1 fully saturated rings. The fraction of sp³-hybridized carbons (Fsp3) is 0.259. The van der Waals surface area contributed by atoms with Gasteiger partial charge in [0.25, 0.3) is 0 Å². The molecule has 5 rings (SSSR count). The van der Waals surface area contributed by atoms with Gasteiger partial charge in [-0.25, -0.2) is 14.6 Å². The highest BCUT2D eigenvalue weighted by Gasteiger charge is 2.30. The van der Waals surface area contributed by atoms with E-state index >= 15 is 0 Å². The van der Waals surface area contributed by atoms with Crippen molar-refractivity contribution in [2.75, 3.05) is 32.5 Å². The first kappa shape index (κ1) is 23.5. The first-order chi connectivity index (χ1) is 17.6. The van der Waals surface area contributed by atoms with Crippen molar-refractivity contribution in [3.8, 4) is 22.8 Å². The van der Waals surface area contributed by atoms with E-state index < -0.39 is 0 Å². The van der Waals surface area contributed by atoms with Crippen molar-refractivity contribution in [3.05, 3.63) is 73.1 Å². The maximum absolute atomic E-state index is 12.6. The van der Waals surface area contributed by atoms with Crippen LogP contribution in [0.15, 0.2) is 73.1 Å². The Bertz CT molecular complexity index is 1370. The van der Waals surface area contributed by atoms with Crippen molar-refractivity contribution in [2.45, 2.75) is 18.9 Å². The van der Waals surface area contributed by atoms with E-state index in [1.807, 2.05) is 76.3 Å². The number of hydrogen-bond donors (Lipinski definition) is 1. The van der Waals surface area contributed by atoms with Gasteiger partial charge in [0.2, 0.25) is 5.91 Å². The van der Waals surface area contributed by atoms with Gasteiger partial charge in [-0.05, 0) is 42.8 Å². The zero-order valence-electron chi connectivity index (χ0n) is 20.1. The van der Waals surface area contributed by atoms with Crippen LogP contribution in [-0.4, -0.2) is 57.4 Å². The molecule has 1 aliphatic rings. The quantitative estimate of drug-likeness (QED) is 0.373. The molecule has 4 aromatic rings. The number of ether oxygens (including phenoxy) is 2. The molecule has 9 nitrogen and oxygen atoms in total. The number of anilines is 1. The molecular weight excluding hydrogens is 456 g/mol. The van der Waals surface area contributed by atoms with Gasteiger partial charge in [0, 0.05) is 32.2 Å². The van der Waals surface area contributed by atoms with Gasteiger partial charge in [0.15, 0.2) is 5.65 Å². The zero-order chi connectivity index (χ0) is 24.9. The van der Waals surface area contributed by atoms with E-state index in [-0.39, 0.29) is 11.9 Å². The normalized spacial score (nSPS) is 15.7. The minimum atomic E-state index is 0.00291. The minimum absolute atomic E-state index is 0.00291. The van der Waals surface area contributed by atoms with Crippen molar-refractivity contribution in [2.24, 2.45) is 0 Å². The second-order valence-corrected chi connectivity index (χ2v) is 8.60. The van der Waals surface area contributed by atoms with Gasteiger partial charge in [-0.15, -0.1) is 0 Å². The van der Waals surface area contributed by atoms with Gasteiger partial charge in [0.05, 0.1) is 18.0 Å². The molecular formula is C27H28N6O3. The van der Waals surface area contributed by atoms with E-state index in [0.29, 0.717) is 48.7 Å². The smallest absolute Gasteiger partial charge is 0.226 e. The molecule has 1 aliphatic heterocycles. The molecule has 1 atom stereocenters. The molecule has 184 valence electrons. The molecule has 0 saturated carbocycles. The number of nitrogen functional groups attached to an aromatic ring is 1. The lowest BCUT2D eigenvalue weighted by Gasteiger charge is -2.16. The number of hydrogen-bond acceptors (Lipinski definition) is 7. The number of para-hydroxylation sites is 1. The first-order valence-electron chi connectivity index (χ1n) is 11.9. The highest BCUT2D eigenvalue weighted by molar-refractivity contribution is 5.98.